The van der Waals surface area contributed by atoms with Crippen LogP contribution < -0.4 is 0 Å². The fraction of sp³-hybridized carbons (Fsp3) is 0.571. The number of carboxylic acids is 1. The molecule has 1 fully saturated rings. The highest BCUT2D eigenvalue weighted by Gasteiger charge is 2.05. The van der Waals surface area contributed by atoms with Crippen molar-refractivity contribution in [3.63, 3.8) is 0 Å². The molecule has 0 aliphatic carbocycles. The largest absolute Gasteiger partial charge is 0.478 e. The van der Waals surface area contributed by atoms with Gasteiger partial charge in [-0.2, -0.15) is 0 Å². The average Bonchev–Trinajstić information content (AvgIpc) is 1.88. The van der Waals surface area contributed by atoms with Gasteiger partial charge in [-0.1, -0.05) is 5.57 Å². The van der Waals surface area contributed by atoms with E-state index in [0.29, 0.717) is 13.2 Å². The van der Waals surface area contributed by atoms with Crippen molar-refractivity contribution in [2.24, 2.45) is 0 Å². The van der Waals surface area contributed by atoms with Gasteiger partial charge < -0.3 is 9.84 Å². The first-order chi connectivity index (χ1) is 4.79. The summed E-state index contributed by atoms with van der Waals surface area (Å²) in [6, 6.07) is 0. The van der Waals surface area contributed by atoms with E-state index in [1.54, 1.807) is 0 Å². The lowest BCUT2D eigenvalue weighted by atomic mass is 10.1. The molecule has 0 atom stereocenters. The molecule has 0 aromatic rings. The second-order valence-corrected chi connectivity index (χ2v) is 2.25. The molecule has 0 unspecified atom stereocenters. The van der Waals surface area contributed by atoms with Crippen LogP contribution in [0.5, 0.6) is 0 Å². The van der Waals surface area contributed by atoms with Crippen LogP contribution in [-0.4, -0.2) is 24.3 Å². The van der Waals surface area contributed by atoms with Gasteiger partial charge in [0.15, 0.2) is 0 Å². The molecule has 0 spiro atoms. The minimum absolute atomic E-state index is 0.666. The van der Waals surface area contributed by atoms with Gasteiger partial charge in [-0.15, -0.1) is 0 Å². The summed E-state index contributed by atoms with van der Waals surface area (Å²) in [5.74, 6) is -0.850. The van der Waals surface area contributed by atoms with Crippen molar-refractivity contribution in [3.8, 4) is 0 Å². The Kier molecular flexibility index (Phi) is 2.45. The molecule has 0 aromatic heterocycles. The van der Waals surface area contributed by atoms with E-state index in [-0.39, 0.29) is 0 Å². The predicted molar refractivity (Wildman–Crippen MR) is 35.8 cm³/mol. The summed E-state index contributed by atoms with van der Waals surface area (Å²) in [5.41, 5.74) is 0.985. The molecule has 1 N–H and O–H groups in total. The molecule has 3 nitrogen and oxygen atoms in total. The van der Waals surface area contributed by atoms with Gasteiger partial charge in [0.1, 0.15) is 0 Å². The highest BCUT2D eigenvalue weighted by Crippen LogP contribution is 2.12. The van der Waals surface area contributed by atoms with Crippen LogP contribution in [0.3, 0.4) is 0 Å². The van der Waals surface area contributed by atoms with Crippen LogP contribution in [0, 0.1) is 0 Å². The number of hydrogen-bond donors (Lipinski definition) is 1. The van der Waals surface area contributed by atoms with Gasteiger partial charge in [0.05, 0.1) is 13.2 Å². The van der Waals surface area contributed by atoms with Gasteiger partial charge in [0.25, 0.3) is 0 Å². The first kappa shape index (κ1) is 7.28. The molecule has 3 heteroatoms. The van der Waals surface area contributed by atoms with E-state index >= 15 is 0 Å². The van der Waals surface area contributed by atoms with Crippen LogP contribution in [0.25, 0.3) is 0 Å². The number of ether oxygens (including phenoxy) is 1. The molecular weight excluding hydrogens is 132 g/mol. The van der Waals surface area contributed by atoms with Crippen molar-refractivity contribution in [3.05, 3.63) is 11.6 Å². The summed E-state index contributed by atoms with van der Waals surface area (Å²) in [6.45, 7) is 1.33. The molecule has 56 valence electrons. The maximum absolute atomic E-state index is 10.2. The van der Waals surface area contributed by atoms with Gasteiger partial charge in [0.2, 0.25) is 0 Å². The van der Waals surface area contributed by atoms with Gasteiger partial charge >= 0.3 is 5.97 Å². The number of carbonyl (C=O) groups is 1. The van der Waals surface area contributed by atoms with Crippen molar-refractivity contribution in [2.75, 3.05) is 13.2 Å². The van der Waals surface area contributed by atoms with Gasteiger partial charge in [0, 0.05) is 6.08 Å². The van der Waals surface area contributed by atoms with Crippen LogP contribution in [0.1, 0.15) is 12.8 Å². The minimum atomic E-state index is -0.850. The zero-order valence-corrected chi connectivity index (χ0v) is 5.67. The first-order valence-corrected chi connectivity index (χ1v) is 3.29. The molecular formula is C7H10O3. The van der Waals surface area contributed by atoms with E-state index in [1.165, 1.54) is 6.08 Å². The van der Waals surface area contributed by atoms with Crippen molar-refractivity contribution < 1.29 is 14.6 Å². The first-order valence-electron chi connectivity index (χ1n) is 3.29. The summed E-state index contributed by atoms with van der Waals surface area (Å²) in [7, 11) is 0. The van der Waals surface area contributed by atoms with E-state index < -0.39 is 5.97 Å². The van der Waals surface area contributed by atoms with E-state index in [4.69, 9.17) is 9.84 Å². The smallest absolute Gasteiger partial charge is 0.328 e. The fourth-order valence-electron chi connectivity index (χ4n) is 0.953. The summed E-state index contributed by atoms with van der Waals surface area (Å²) in [5, 5.41) is 8.35. The zero-order valence-electron chi connectivity index (χ0n) is 5.67. The third kappa shape index (κ3) is 2.19. The highest BCUT2D eigenvalue weighted by atomic mass is 16.5. The number of hydrogen-bond acceptors (Lipinski definition) is 2. The number of carboxylic acid groups (broad SMARTS) is 1. The molecule has 1 rings (SSSR count). The van der Waals surface area contributed by atoms with Gasteiger partial charge in [-0.05, 0) is 12.8 Å². The van der Waals surface area contributed by atoms with Crippen LogP contribution >= 0.6 is 0 Å². The van der Waals surface area contributed by atoms with E-state index in [0.717, 1.165) is 18.4 Å². The average molecular weight is 142 g/mol. The second kappa shape index (κ2) is 3.37. The Morgan fingerprint density at radius 3 is 2.60 bits per heavy atom. The molecule has 1 aliphatic rings. The third-order valence-corrected chi connectivity index (χ3v) is 1.46. The Hall–Kier alpha value is -0.830. The summed E-state index contributed by atoms with van der Waals surface area (Å²) < 4.78 is 5.05. The lowest BCUT2D eigenvalue weighted by Gasteiger charge is -2.13. The van der Waals surface area contributed by atoms with E-state index in [1.807, 2.05) is 0 Å². The van der Waals surface area contributed by atoms with E-state index in [9.17, 15) is 4.79 Å². The SMILES string of the molecule is O=C(O)C=C1CCOCC1. The van der Waals surface area contributed by atoms with Crippen LogP contribution in [0.4, 0.5) is 0 Å². The lowest BCUT2D eigenvalue weighted by molar-refractivity contribution is -0.131. The Balaban J connectivity index is 2.45. The predicted octanol–water partition coefficient (Wildman–Crippen LogP) is 0.808. The zero-order chi connectivity index (χ0) is 7.40. The Morgan fingerprint density at radius 1 is 1.50 bits per heavy atom. The Labute approximate surface area is 59.3 Å². The number of aliphatic carboxylic acids is 1. The summed E-state index contributed by atoms with van der Waals surface area (Å²) in [6.07, 6.45) is 2.82. The molecule has 1 saturated heterocycles. The molecule has 1 heterocycles. The second-order valence-electron chi connectivity index (χ2n) is 2.25. The van der Waals surface area contributed by atoms with Crippen molar-refractivity contribution in [1.29, 1.82) is 0 Å². The quantitative estimate of drug-likeness (QED) is 0.551. The van der Waals surface area contributed by atoms with Gasteiger partial charge in [-0.25, -0.2) is 4.79 Å². The third-order valence-electron chi connectivity index (χ3n) is 1.46. The Bertz CT molecular complexity index is 152. The minimum Gasteiger partial charge on any atom is -0.478 e. The number of rotatable bonds is 1. The molecule has 0 saturated carbocycles. The topological polar surface area (TPSA) is 46.5 Å². The summed E-state index contributed by atoms with van der Waals surface area (Å²) >= 11 is 0. The molecule has 0 amide bonds. The van der Waals surface area contributed by atoms with Gasteiger partial charge in [-0.3, -0.25) is 0 Å². The van der Waals surface area contributed by atoms with Crippen LogP contribution in [0.2, 0.25) is 0 Å². The maximum atomic E-state index is 10.2. The lowest BCUT2D eigenvalue weighted by Crippen LogP contribution is -2.08. The molecule has 0 bridgehead atoms. The molecule has 10 heavy (non-hydrogen) atoms. The van der Waals surface area contributed by atoms with Crippen LogP contribution in [0.15, 0.2) is 11.6 Å². The monoisotopic (exact) mass is 142 g/mol. The maximum Gasteiger partial charge on any atom is 0.328 e. The van der Waals surface area contributed by atoms with E-state index in [2.05, 4.69) is 0 Å². The standard InChI is InChI=1S/C7H10O3/c8-7(9)5-6-1-3-10-4-2-6/h5H,1-4H2,(H,8,9). The molecule has 0 aromatic carbocycles. The van der Waals surface area contributed by atoms with Crippen LogP contribution in [-0.2, 0) is 9.53 Å². The summed E-state index contributed by atoms with van der Waals surface area (Å²) in [4.78, 5) is 10.2. The fourth-order valence-corrected chi connectivity index (χ4v) is 0.953. The van der Waals surface area contributed by atoms with Crippen molar-refractivity contribution in [2.45, 2.75) is 12.8 Å². The van der Waals surface area contributed by atoms with Crippen molar-refractivity contribution in [1.82, 2.24) is 0 Å². The Morgan fingerprint density at radius 2 is 2.10 bits per heavy atom. The molecule has 1 aliphatic heterocycles. The van der Waals surface area contributed by atoms with Crippen molar-refractivity contribution >= 4 is 5.97 Å². The highest BCUT2D eigenvalue weighted by molar-refractivity contribution is 5.80. The normalized spacial score (nSPS) is 18.6. The molecule has 0 radical (unpaired) electrons.